The molecule has 0 aromatic rings. The molecular formula is C18H34IN5. The first-order valence-electron chi connectivity index (χ1n) is 9.09. The molecule has 2 fully saturated rings. The van der Waals surface area contributed by atoms with Crippen molar-refractivity contribution in [2.75, 3.05) is 52.9 Å². The van der Waals surface area contributed by atoms with Crippen LogP contribution in [0.4, 0.5) is 0 Å². The quantitative estimate of drug-likeness (QED) is 0.292. The number of rotatable bonds is 5. The fraction of sp³-hybridized carbons (Fsp3) is 0.833. The van der Waals surface area contributed by atoms with Crippen LogP contribution in [-0.4, -0.2) is 74.2 Å². The average Bonchev–Trinajstić information content (AvgIpc) is 2.60. The predicted molar refractivity (Wildman–Crippen MR) is 113 cm³/mol. The van der Waals surface area contributed by atoms with Crippen LogP contribution < -0.4 is 10.6 Å². The van der Waals surface area contributed by atoms with Crippen molar-refractivity contribution < 1.29 is 0 Å². The molecule has 0 saturated carbocycles. The van der Waals surface area contributed by atoms with Gasteiger partial charge in [0.2, 0.25) is 0 Å². The second-order valence-electron chi connectivity index (χ2n) is 6.83. The van der Waals surface area contributed by atoms with Crippen LogP contribution in [0.2, 0.25) is 0 Å². The van der Waals surface area contributed by atoms with Gasteiger partial charge in [-0.2, -0.15) is 0 Å². The Morgan fingerprint density at radius 3 is 2.38 bits per heavy atom. The Morgan fingerprint density at radius 2 is 1.79 bits per heavy atom. The van der Waals surface area contributed by atoms with Crippen molar-refractivity contribution in [1.82, 2.24) is 20.4 Å². The Balaban J connectivity index is 0.00000288. The van der Waals surface area contributed by atoms with E-state index in [4.69, 9.17) is 11.4 Å². The number of aliphatic imine (C=N–C) groups is 1. The molecule has 2 heterocycles. The van der Waals surface area contributed by atoms with Crippen LogP contribution in [0, 0.1) is 12.3 Å². The standard InChI is InChI=1S/C18H33N5.HI/c1-4-11-20-17(19-5-2)21-16-18(9-14-22(3)15-10-18)23-12-7-6-8-13-23;/h1H,5-16H2,2-3H3,(H2,19,20,21);1H. The molecule has 5 nitrogen and oxygen atoms in total. The molecule has 2 aliphatic heterocycles. The van der Waals surface area contributed by atoms with E-state index in [1.54, 1.807) is 0 Å². The summed E-state index contributed by atoms with van der Waals surface area (Å²) in [6.07, 6.45) is 11.8. The molecule has 0 spiro atoms. The molecular weight excluding hydrogens is 413 g/mol. The molecule has 138 valence electrons. The SMILES string of the molecule is C#CCNC(=NCC1(N2CCCCC2)CCN(C)CC1)NCC.I. The number of piperidine rings is 2. The van der Waals surface area contributed by atoms with E-state index in [1.165, 1.54) is 58.3 Å². The minimum atomic E-state index is 0. The third kappa shape index (κ3) is 6.08. The van der Waals surface area contributed by atoms with E-state index in [-0.39, 0.29) is 29.5 Å². The van der Waals surface area contributed by atoms with E-state index < -0.39 is 0 Å². The Hall–Kier alpha value is -0.520. The van der Waals surface area contributed by atoms with Crippen LogP contribution in [-0.2, 0) is 0 Å². The number of terminal acetylenes is 1. The van der Waals surface area contributed by atoms with Gasteiger partial charge in [0.05, 0.1) is 13.1 Å². The van der Waals surface area contributed by atoms with Gasteiger partial charge in [0.25, 0.3) is 0 Å². The van der Waals surface area contributed by atoms with Crippen LogP contribution in [0.1, 0.15) is 39.0 Å². The Bertz CT molecular complexity index is 418. The van der Waals surface area contributed by atoms with Gasteiger partial charge in [-0.25, -0.2) is 0 Å². The lowest BCUT2D eigenvalue weighted by Gasteiger charge is -2.49. The maximum absolute atomic E-state index is 5.36. The van der Waals surface area contributed by atoms with Gasteiger partial charge >= 0.3 is 0 Å². The summed E-state index contributed by atoms with van der Waals surface area (Å²) in [7, 11) is 2.22. The first kappa shape index (κ1) is 21.5. The van der Waals surface area contributed by atoms with E-state index in [2.05, 4.69) is 40.3 Å². The lowest BCUT2D eigenvalue weighted by molar-refractivity contribution is 0.0208. The average molecular weight is 447 g/mol. The molecule has 0 bridgehead atoms. The smallest absolute Gasteiger partial charge is 0.192 e. The van der Waals surface area contributed by atoms with Crippen molar-refractivity contribution in [3.63, 3.8) is 0 Å². The minimum Gasteiger partial charge on any atom is -0.357 e. The van der Waals surface area contributed by atoms with Crippen LogP contribution in [0.15, 0.2) is 4.99 Å². The molecule has 0 radical (unpaired) electrons. The summed E-state index contributed by atoms with van der Waals surface area (Å²) >= 11 is 0. The van der Waals surface area contributed by atoms with Gasteiger partial charge in [0.1, 0.15) is 0 Å². The third-order valence-electron chi connectivity index (χ3n) is 5.18. The van der Waals surface area contributed by atoms with Crippen LogP contribution in [0.5, 0.6) is 0 Å². The molecule has 0 aliphatic carbocycles. The van der Waals surface area contributed by atoms with Gasteiger partial charge in [-0.1, -0.05) is 12.3 Å². The predicted octanol–water partition coefficient (Wildman–Crippen LogP) is 1.74. The van der Waals surface area contributed by atoms with Crippen molar-refractivity contribution in [3.8, 4) is 12.3 Å². The maximum atomic E-state index is 5.36. The maximum Gasteiger partial charge on any atom is 0.192 e. The van der Waals surface area contributed by atoms with Gasteiger partial charge in [-0.15, -0.1) is 30.4 Å². The van der Waals surface area contributed by atoms with Gasteiger partial charge in [-0.3, -0.25) is 9.89 Å². The van der Waals surface area contributed by atoms with E-state index >= 15 is 0 Å². The molecule has 2 N–H and O–H groups in total. The number of likely N-dealkylation sites (tertiary alicyclic amines) is 2. The number of guanidine groups is 1. The van der Waals surface area contributed by atoms with Crippen molar-refractivity contribution in [2.24, 2.45) is 4.99 Å². The summed E-state index contributed by atoms with van der Waals surface area (Å²) in [4.78, 5) is 10.0. The fourth-order valence-electron chi connectivity index (χ4n) is 3.68. The van der Waals surface area contributed by atoms with Crippen LogP contribution in [0.3, 0.4) is 0 Å². The molecule has 0 aromatic heterocycles. The van der Waals surface area contributed by atoms with Crippen molar-refractivity contribution in [3.05, 3.63) is 0 Å². The summed E-state index contributed by atoms with van der Waals surface area (Å²) in [5.41, 5.74) is 0.228. The van der Waals surface area contributed by atoms with Gasteiger partial charge < -0.3 is 15.5 Å². The van der Waals surface area contributed by atoms with Gasteiger partial charge in [-0.05, 0) is 65.8 Å². The van der Waals surface area contributed by atoms with E-state index in [0.717, 1.165) is 19.0 Å². The van der Waals surface area contributed by atoms with E-state index in [1.807, 2.05) is 0 Å². The topological polar surface area (TPSA) is 42.9 Å². The van der Waals surface area contributed by atoms with Crippen molar-refractivity contribution >= 4 is 29.9 Å². The van der Waals surface area contributed by atoms with E-state index in [0.29, 0.717) is 6.54 Å². The van der Waals surface area contributed by atoms with Crippen LogP contribution in [0.25, 0.3) is 0 Å². The lowest BCUT2D eigenvalue weighted by atomic mass is 9.84. The second kappa shape index (κ2) is 11.2. The normalized spacial score (nSPS) is 22.3. The molecule has 0 atom stereocenters. The highest BCUT2D eigenvalue weighted by Crippen LogP contribution is 2.31. The number of halogens is 1. The van der Waals surface area contributed by atoms with Crippen molar-refractivity contribution in [1.29, 1.82) is 0 Å². The first-order chi connectivity index (χ1) is 11.2. The second-order valence-corrected chi connectivity index (χ2v) is 6.83. The molecule has 0 aromatic carbocycles. The summed E-state index contributed by atoms with van der Waals surface area (Å²) in [5, 5.41) is 6.51. The largest absolute Gasteiger partial charge is 0.357 e. The number of nitrogens with one attached hydrogen (secondary N) is 2. The zero-order valence-corrected chi connectivity index (χ0v) is 17.6. The number of hydrogen-bond acceptors (Lipinski definition) is 3. The molecule has 24 heavy (non-hydrogen) atoms. The molecule has 2 aliphatic rings. The molecule has 0 unspecified atom stereocenters. The monoisotopic (exact) mass is 447 g/mol. The number of hydrogen-bond donors (Lipinski definition) is 2. The van der Waals surface area contributed by atoms with Gasteiger partial charge in [0.15, 0.2) is 5.96 Å². The molecule has 6 heteroatoms. The minimum absolute atomic E-state index is 0. The lowest BCUT2D eigenvalue weighted by Crippen LogP contribution is -2.58. The van der Waals surface area contributed by atoms with Crippen molar-refractivity contribution in [2.45, 2.75) is 44.6 Å². The highest BCUT2D eigenvalue weighted by Gasteiger charge is 2.39. The van der Waals surface area contributed by atoms with Crippen LogP contribution >= 0.6 is 24.0 Å². The first-order valence-corrected chi connectivity index (χ1v) is 9.09. The fourth-order valence-corrected chi connectivity index (χ4v) is 3.68. The third-order valence-corrected chi connectivity index (χ3v) is 5.18. The highest BCUT2D eigenvalue weighted by atomic mass is 127. The summed E-state index contributed by atoms with van der Waals surface area (Å²) in [6.45, 7) is 9.12. The Kier molecular flexibility index (Phi) is 10.0. The highest BCUT2D eigenvalue weighted by molar-refractivity contribution is 14.0. The van der Waals surface area contributed by atoms with E-state index in [9.17, 15) is 0 Å². The number of nitrogens with zero attached hydrogens (tertiary/aromatic N) is 3. The molecule has 0 amide bonds. The Labute approximate surface area is 165 Å². The summed E-state index contributed by atoms with van der Waals surface area (Å²) < 4.78 is 0. The summed E-state index contributed by atoms with van der Waals surface area (Å²) in [6, 6.07) is 0. The zero-order chi connectivity index (χ0) is 16.5. The zero-order valence-electron chi connectivity index (χ0n) is 15.3. The molecule has 2 saturated heterocycles. The Morgan fingerprint density at radius 1 is 1.12 bits per heavy atom. The molecule has 2 rings (SSSR count). The summed E-state index contributed by atoms with van der Waals surface area (Å²) in [5.74, 6) is 3.47. The van der Waals surface area contributed by atoms with Gasteiger partial charge in [0, 0.05) is 12.1 Å².